The summed E-state index contributed by atoms with van der Waals surface area (Å²) in [5.41, 5.74) is 2.70. The van der Waals surface area contributed by atoms with Gasteiger partial charge >= 0.3 is 0 Å². The van der Waals surface area contributed by atoms with Gasteiger partial charge in [0.15, 0.2) is 0 Å². The zero-order valence-corrected chi connectivity index (χ0v) is 13.8. The molecular weight excluding hydrogens is 306 g/mol. The number of morpholine rings is 1. The molecule has 2 aliphatic rings. The van der Waals surface area contributed by atoms with E-state index >= 15 is 0 Å². The molecule has 4 rings (SSSR count). The molecule has 6 nitrogen and oxygen atoms in total. The van der Waals surface area contributed by atoms with Gasteiger partial charge in [-0.15, -0.1) is 10.2 Å². The second-order valence-electron chi connectivity index (χ2n) is 6.48. The van der Waals surface area contributed by atoms with Gasteiger partial charge in [-0.2, -0.15) is 0 Å². The number of rotatable bonds is 3. The van der Waals surface area contributed by atoms with Crippen molar-refractivity contribution in [3.05, 3.63) is 47.2 Å². The lowest BCUT2D eigenvalue weighted by atomic mass is 9.97. The molecule has 0 saturated carbocycles. The van der Waals surface area contributed by atoms with E-state index in [9.17, 15) is 4.79 Å². The van der Waals surface area contributed by atoms with Crippen LogP contribution in [0.2, 0.25) is 0 Å². The molecule has 2 heterocycles. The summed E-state index contributed by atoms with van der Waals surface area (Å²) in [5.74, 6) is 1.42. The molecule has 1 aliphatic carbocycles. The smallest absolute Gasteiger partial charge is 0.241 e. The minimum absolute atomic E-state index is 0.140. The van der Waals surface area contributed by atoms with Crippen LogP contribution in [0.4, 0.5) is 0 Å². The number of fused-ring (bicyclic) bond motifs is 1. The third kappa shape index (κ3) is 2.82. The van der Waals surface area contributed by atoms with Crippen LogP contribution in [0, 0.1) is 6.92 Å². The molecular formula is C18H21N3O3. The quantitative estimate of drug-likeness (QED) is 0.866. The van der Waals surface area contributed by atoms with Crippen molar-refractivity contribution in [3.63, 3.8) is 0 Å². The number of hydrogen-bond acceptors (Lipinski definition) is 5. The number of ether oxygens (including phenoxy) is 1. The molecule has 0 N–H and O–H groups in total. The molecule has 1 aliphatic heterocycles. The maximum atomic E-state index is 12.9. The van der Waals surface area contributed by atoms with Crippen molar-refractivity contribution in [2.75, 3.05) is 19.8 Å². The molecule has 2 atom stereocenters. The molecule has 24 heavy (non-hydrogen) atoms. The van der Waals surface area contributed by atoms with Crippen LogP contribution in [0.25, 0.3) is 0 Å². The number of aryl methyl sites for hydroxylation is 2. The molecule has 1 aromatic carbocycles. The average Bonchev–Trinajstić information content (AvgIpc) is 3.22. The number of carbonyl (C=O) groups excluding carboxylic acids is 1. The number of carbonyl (C=O) groups is 1. The molecule has 126 valence electrons. The van der Waals surface area contributed by atoms with Gasteiger partial charge in [-0.05, 0) is 29.9 Å². The highest BCUT2D eigenvalue weighted by Crippen LogP contribution is 2.36. The molecule has 0 bridgehead atoms. The summed E-state index contributed by atoms with van der Waals surface area (Å²) >= 11 is 0. The molecule has 2 aromatic rings. The van der Waals surface area contributed by atoms with Gasteiger partial charge in [0.2, 0.25) is 17.7 Å². The fourth-order valence-corrected chi connectivity index (χ4v) is 3.74. The average molecular weight is 327 g/mol. The third-order valence-corrected chi connectivity index (χ3v) is 4.95. The Morgan fingerprint density at radius 2 is 2.21 bits per heavy atom. The normalized spacial score (nSPS) is 23.3. The van der Waals surface area contributed by atoms with E-state index in [1.807, 2.05) is 4.90 Å². The lowest BCUT2D eigenvalue weighted by Gasteiger charge is -2.34. The maximum absolute atomic E-state index is 12.9. The highest BCUT2D eigenvalue weighted by Gasteiger charge is 2.34. The predicted molar refractivity (Wildman–Crippen MR) is 86.4 cm³/mol. The Kier molecular flexibility index (Phi) is 4.06. The van der Waals surface area contributed by atoms with E-state index in [1.165, 1.54) is 11.1 Å². The van der Waals surface area contributed by atoms with Gasteiger partial charge < -0.3 is 14.1 Å². The second kappa shape index (κ2) is 6.36. The molecule has 0 radical (unpaired) electrons. The van der Waals surface area contributed by atoms with E-state index < -0.39 is 0 Å². The monoisotopic (exact) mass is 327 g/mol. The highest BCUT2D eigenvalue weighted by atomic mass is 16.5. The molecule has 1 amide bonds. The van der Waals surface area contributed by atoms with Crippen molar-refractivity contribution in [2.45, 2.75) is 38.1 Å². The Hall–Kier alpha value is -2.21. The van der Waals surface area contributed by atoms with Gasteiger partial charge in [-0.25, -0.2) is 0 Å². The number of amides is 1. The zero-order valence-electron chi connectivity index (χ0n) is 13.8. The van der Waals surface area contributed by atoms with Gasteiger partial charge in [0.1, 0.15) is 6.04 Å². The molecule has 0 spiro atoms. The van der Waals surface area contributed by atoms with Crippen LogP contribution < -0.4 is 0 Å². The van der Waals surface area contributed by atoms with Crippen molar-refractivity contribution >= 4 is 5.91 Å². The minimum Gasteiger partial charge on any atom is -0.423 e. The van der Waals surface area contributed by atoms with E-state index in [2.05, 4.69) is 34.5 Å². The molecule has 1 aromatic heterocycles. The van der Waals surface area contributed by atoms with Gasteiger partial charge in [-0.1, -0.05) is 24.3 Å². The van der Waals surface area contributed by atoms with Gasteiger partial charge in [0.25, 0.3) is 0 Å². The van der Waals surface area contributed by atoms with Crippen molar-refractivity contribution < 1.29 is 13.9 Å². The van der Waals surface area contributed by atoms with E-state index in [1.54, 1.807) is 6.92 Å². The van der Waals surface area contributed by atoms with Crippen molar-refractivity contribution in [3.8, 4) is 0 Å². The zero-order chi connectivity index (χ0) is 16.5. The summed E-state index contributed by atoms with van der Waals surface area (Å²) in [6.07, 6.45) is 2.63. The van der Waals surface area contributed by atoms with Crippen LogP contribution in [-0.4, -0.2) is 40.8 Å². The number of nitrogens with zero attached hydrogens (tertiary/aromatic N) is 3. The lowest BCUT2D eigenvalue weighted by molar-refractivity contribution is -0.141. The molecule has 6 heteroatoms. The Bertz CT molecular complexity index is 743. The maximum Gasteiger partial charge on any atom is 0.241 e. The van der Waals surface area contributed by atoms with Crippen LogP contribution in [0.3, 0.4) is 0 Å². The predicted octanol–water partition coefficient (Wildman–Crippen LogP) is 2.40. The van der Waals surface area contributed by atoms with Gasteiger partial charge in [-0.3, -0.25) is 4.79 Å². The number of benzene rings is 1. The fourth-order valence-electron chi connectivity index (χ4n) is 3.74. The van der Waals surface area contributed by atoms with E-state index in [0.29, 0.717) is 43.9 Å². The van der Waals surface area contributed by atoms with Crippen molar-refractivity contribution in [2.24, 2.45) is 0 Å². The molecule has 1 fully saturated rings. The van der Waals surface area contributed by atoms with Gasteiger partial charge in [0.05, 0.1) is 13.2 Å². The third-order valence-electron chi connectivity index (χ3n) is 4.95. The largest absolute Gasteiger partial charge is 0.423 e. The molecule has 1 saturated heterocycles. The first-order valence-electron chi connectivity index (χ1n) is 8.47. The summed E-state index contributed by atoms with van der Waals surface area (Å²) in [5, 5.41) is 7.96. The molecule has 2 unspecified atom stereocenters. The van der Waals surface area contributed by atoms with Crippen LogP contribution in [0.15, 0.2) is 28.7 Å². The van der Waals surface area contributed by atoms with Crippen molar-refractivity contribution in [1.29, 1.82) is 0 Å². The van der Waals surface area contributed by atoms with Gasteiger partial charge in [0, 0.05) is 19.9 Å². The standard InChI is InChI=1S/C18H21N3O3/c1-12-19-20-18(24-12)16-11-23-9-8-21(16)17(22)10-14-7-6-13-4-2-3-5-15(13)14/h2-5,14,16H,6-11H2,1H3. The van der Waals surface area contributed by atoms with E-state index in [0.717, 1.165) is 12.8 Å². The first-order chi connectivity index (χ1) is 11.7. The second-order valence-corrected chi connectivity index (χ2v) is 6.48. The minimum atomic E-state index is -0.274. The van der Waals surface area contributed by atoms with E-state index in [-0.39, 0.29) is 11.9 Å². The Labute approximate surface area is 140 Å². The first-order valence-corrected chi connectivity index (χ1v) is 8.47. The van der Waals surface area contributed by atoms with Crippen LogP contribution in [-0.2, 0) is 16.0 Å². The van der Waals surface area contributed by atoms with Crippen molar-refractivity contribution in [1.82, 2.24) is 15.1 Å². The Morgan fingerprint density at radius 3 is 3.04 bits per heavy atom. The van der Waals surface area contributed by atoms with E-state index in [4.69, 9.17) is 9.15 Å². The van der Waals surface area contributed by atoms with Crippen LogP contribution in [0.1, 0.15) is 47.7 Å². The SMILES string of the molecule is Cc1nnc(C2COCCN2C(=O)CC2CCc3ccccc32)o1. The number of hydrogen-bond donors (Lipinski definition) is 0. The van der Waals surface area contributed by atoms with Crippen LogP contribution in [0.5, 0.6) is 0 Å². The fraction of sp³-hybridized carbons (Fsp3) is 0.500. The summed E-state index contributed by atoms with van der Waals surface area (Å²) in [6.45, 7) is 3.28. The Balaban J connectivity index is 1.50. The summed E-state index contributed by atoms with van der Waals surface area (Å²) in [6, 6.07) is 8.17. The number of aromatic nitrogens is 2. The summed E-state index contributed by atoms with van der Waals surface area (Å²) in [4.78, 5) is 14.8. The lowest BCUT2D eigenvalue weighted by Crippen LogP contribution is -2.43. The summed E-state index contributed by atoms with van der Waals surface area (Å²) in [7, 11) is 0. The first kappa shape index (κ1) is 15.3. The summed E-state index contributed by atoms with van der Waals surface area (Å²) < 4.78 is 11.1. The topological polar surface area (TPSA) is 68.5 Å². The Morgan fingerprint density at radius 1 is 1.33 bits per heavy atom. The van der Waals surface area contributed by atoms with Crippen LogP contribution >= 0.6 is 0 Å². The highest BCUT2D eigenvalue weighted by molar-refractivity contribution is 5.78.